The Morgan fingerprint density at radius 2 is 2.14 bits per heavy atom. The summed E-state index contributed by atoms with van der Waals surface area (Å²) in [6.45, 7) is 5.75. The molecule has 2 N–H and O–H groups in total. The number of carbonyl (C=O) groups is 1. The van der Waals surface area contributed by atoms with Crippen LogP contribution in [0.4, 0.5) is 0 Å². The lowest BCUT2D eigenvalue weighted by atomic mass is 10.0. The number of aliphatic hydroxyl groups is 2. The molecule has 122 valence electrons. The molecular formula is C15H26O6. The maximum Gasteiger partial charge on any atom is 0.330 e. The minimum Gasteiger partial charge on any atom is -0.463 e. The van der Waals surface area contributed by atoms with Gasteiger partial charge in [0.2, 0.25) is 0 Å². The van der Waals surface area contributed by atoms with Gasteiger partial charge in [-0.1, -0.05) is 6.08 Å². The van der Waals surface area contributed by atoms with Crippen LogP contribution in [0.2, 0.25) is 0 Å². The van der Waals surface area contributed by atoms with Crippen molar-refractivity contribution in [2.24, 2.45) is 0 Å². The zero-order chi connectivity index (χ0) is 15.8. The molecule has 21 heavy (non-hydrogen) atoms. The largest absolute Gasteiger partial charge is 0.463 e. The molecule has 0 saturated carbocycles. The van der Waals surface area contributed by atoms with Gasteiger partial charge in [-0.2, -0.15) is 0 Å². The summed E-state index contributed by atoms with van der Waals surface area (Å²) in [7, 11) is 0. The predicted octanol–water partition coefficient (Wildman–Crippen LogP) is 1.15. The smallest absolute Gasteiger partial charge is 0.330 e. The maximum atomic E-state index is 11.1. The molecule has 1 aliphatic rings. The van der Waals surface area contributed by atoms with Gasteiger partial charge in [-0.25, -0.2) is 4.79 Å². The summed E-state index contributed by atoms with van der Waals surface area (Å²) in [5.74, 6) is -0.347. The van der Waals surface area contributed by atoms with Gasteiger partial charge in [-0.15, -0.1) is 0 Å². The van der Waals surface area contributed by atoms with E-state index in [0.717, 1.165) is 0 Å². The molecule has 1 rings (SSSR count). The fraction of sp³-hybridized carbons (Fsp3) is 0.800. The van der Waals surface area contributed by atoms with Crippen molar-refractivity contribution in [1.82, 2.24) is 0 Å². The number of carbonyl (C=O) groups excluding carboxylic acids is 1. The number of hydrogen-bond donors (Lipinski definition) is 2. The summed E-state index contributed by atoms with van der Waals surface area (Å²) in [5, 5.41) is 19.4. The Morgan fingerprint density at radius 1 is 1.43 bits per heavy atom. The summed E-state index contributed by atoms with van der Waals surface area (Å²) < 4.78 is 15.9. The van der Waals surface area contributed by atoms with Gasteiger partial charge in [0.1, 0.15) is 6.10 Å². The molecular weight excluding hydrogens is 276 g/mol. The van der Waals surface area contributed by atoms with Gasteiger partial charge in [-0.05, 0) is 33.6 Å². The zero-order valence-electron chi connectivity index (χ0n) is 12.9. The second-order valence-corrected chi connectivity index (χ2v) is 5.26. The van der Waals surface area contributed by atoms with E-state index in [4.69, 9.17) is 14.2 Å². The first-order valence-electron chi connectivity index (χ1n) is 7.44. The molecule has 0 aromatic rings. The van der Waals surface area contributed by atoms with E-state index in [1.165, 1.54) is 6.08 Å². The Labute approximate surface area is 125 Å². The van der Waals surface area contributed by atoms with Crippen LogP contribution in [0.1, 0.15) is 40.0 Å². The highest BCUT2D eigenvalue weighted by Gasteiger charge is 2.35. The molecule has 0 spiro atoms. The highest BCUT2D eigenvalue weighted by atomic mass is 16.7. The normalized spacial score (nSPS) is 31.3. The third kappa shape index (κ3) is 6.56. The van der Waals surface area contributed by atoms with Crippen LogP contribution in [0.15, 0.2) is 12.2 Å². The molecule has 0 unspecified atom stereocenters. The zero-order valence-corrected chi connectivity index (χ0v) is 12.9. The van der Waals surface area contributed by atoms with Crippen LogP contribution >= 0.6 is 0 Å². The minimum atomic E-state index is -0.825. The van der Waals surface area contributed by atoms with Gasteiger partial charge >= 0.3 is 5.97 Å². The predicted molar refractivity (Wildman–Crippen MR) is 76.5 cm³/mol. The maximum absolute atomic E-state index is 11.1. The van der Waals surface area contributed by atoms with E-state index in [2.05, 4.69) is 0 Å². The summed E-state index contributed by atoms with van der Waals surface area (Å²) in [6, 6.07) is 0. The first-order valence-corrected chi connectivity index (χ1v) is 7.44. The van der Waals surface area contributed by atoms with Crippen molar-refractivity contribution < 1.29 is 29.2 Å². The van der Waals surface area contributed by atoms with Gasteiger partial charge in [0.05, 0.1) is 24.9 Å². The van der Waals surface area contributed by atoms with E-state index in [9.17, 15) is 15.0 Å². The van der Waals surface area contributed by atoms with Crippen LogP contribution in [0, 0.1) is 0 Å². The van der Waals surface area contributed by atoms with Crippen LogP contribution in [0.25, 0.3) is 0 Å². The fourth-order valence-electron chi connectivity index (χ4n) is 2.06. The number of hydrogen-bond acceptors (Lipinski definition) is 6. The van der Waals surface area contributed by atoms with Crippen LogP contribution in [-0.4, -0.2) is 53.5 Å². The number of allylic oxidation sites excluding steroid dienone is 1. The molecule has 0 aromatic carbocycles. The Balaban J connectivity index is 2.27. The summed E-state index contributed by atoms with van der Waals surface area (Å²) in [5.41, 5.74) is 0. The van der Waals surface area contributed by atoms with Gasteiger partial charge in [0, 0.05) is 12.5 Å². The van der Waals surface area contributed by atoms with Crippen molar-refractivity contribution in [3.8, 4) is 0 Å². The molecule has 0 amide bonds. The highest BCUT2D eigenvalue weighted by molar-refractivity contribution is 5.81. The summed E-state index contributed by atoms with van der Waals surface area (Å²) in [4.78, 5) is 11.1. The van der Waals surface area contributed by atoms with Crippen molar-refractivity contribution in [2.75, 3.05) is 6.61 Å². The SMILES string of the molecule is CCOC(=O)/C=C/CC[C@@H](C)O[C@@H]1O[C@@H](C)[C@H](O)C[C@H]1O. The van der Waals surface area contributed by atoms with Crippen molar-refractivity contribution in [1.29, 1.82) is 0 Å². The number of aliphatic hydroxyl groups excluding tert-OH is 2. The second-order valence-electron chi connectivity index (χ2n) is 5.26. The Kier molecular flexibility index (Phi) is 7.88. The van der Waals surface area contributed by atoms with Crippen molar-refractivity contribution in [3.05, 3.63) is 12.2 Å². The fourth-order valence-corrected chi connectivity index (χ4v) is 2.06. The molecule has 1 saturated heterocycles. The highest BCUT2D eigenvalue weighted by Crippen LogP contribution is 2.22. The molecule has 1 heterocycles. The lowest BCUT2D eigenvalue weighted by molar-refractivity contribution is -0.273. The Bertz CT molecular complexity index is 343. The molecule has 0 radical (unpaired) electrons. The van der Waals surface area contributed by atoms with Gasteiger partial charge < -0.3 is 24.4 Å². The summed E-state index contributed by atoms with van der Waals surface area (Å²) in [6.07, 6.45) is 2.07. The topological polar surface area (TPSA) is 85.2 Å². The van der Waals surface area contributed by atoms with E-state index < -0.39 is 18.5 Å². The van der Waals surface area contributed by atoms with Crippen LogP contribution in [-0.2, 0) is 19.0 Å². The van der Waals surface area contributed by atoms with Crippen molar-refractivity contribution in [3.63, 3.8) is 0 Å². The van der Waals surface area contributed by atoms with E-state index in [1.807, 2.05) is 6.92 Å². The molecule has 0 aromatic heterocycles. The molecule has 6 nitrogen and oxygen atoms in total. The van der Waals surface area contributed by atoms with Crippen LogP contribution < -0.4 is 0 Å². The standard InChI is InChI=1S/C15H26O6/c1-4-19-14(18)8-6-5-7-10(2)20-15-13(17)9-12(16)11(3)21-15/h6,8,10-13,15-17H,4-5,7,9H2,1-3H3/b8-6+/t10-,11+,12-,13-,15-/m1/s1. The van der Waals surface area contributed by atoms with Crippen molar-refractivity contribution in [2.45, 2.75) is 70.7 Å². The average molecular weight is 302 g/mol. The average Bonchev–Trinajstić information content (AvgIpc) is 2.41. The molecule has 0 aliphatic carbocycles. The monoisotopic (exact) mass is 302 g/mol. The third-order valence-corrected chi connectivity index (χ3v) is 3.33. The second kappa shape index (κ2) is 9.15. The quantitative estimate of drug-likeness (QED) is 0.542. The number of esters is 1. The van der Waals surface area contributed by atoms with Crippen LogP contribution in [0.3, 0.4) is 0 Å². The molecule has 0 bridgehead atoms. The van der Waals surface area contributed by atoms with E-state index in [-0.39, 0.29) is 24.6 Å². The van der Waals surface area contributed by atoms with Gasteiger partial charge in [0.15, 0.2) is 6.29 Å². The van der Waals surface area contributed by atoms with E-state index in [1.54, 1.807) is 19.9 Å². The first-order chi connectivity index (χ1) is 9.93. The molecule has 1 fully saturated rings. The van der Waals surface area contributed by atoms with Crippen molar-refractivity contribution >= 4 is 5.97 Å². The lowest BCUT2D eigenvalue weighted by Gasteiger charge is -2.36. The number of ether oxygens (including phenoxy) is 3. The lowest BCUT2D eigenvalue weighted by Crippen LogP contribution is -2.48. The number of rotatable bonds is 7. The molecule has 1 aliphatic heterocycles. The summed E-state index contributed by atoms with van der Waals surface area (Å²) >= 11 is 0. The first kappa shape index (κ1) is 18.1. The third-order valence-electron chi connectivity index (χ3n) is 3.33. The minimum absolute atomic E-state index is 0.126. The molecule has 5 atom stereocenters. The van der Waals surface area contributed by atoms with Gasteiger partial charge in [-0.3, -0.25) is 0 Å². The van der Waals surface area contributed by atoms with Crippen LogP contribution in [0.5, 0.6) is 0 Å². The van der Waals surface area contributed by atoms with E-state index >= 15 is 0 Å². The Morgan fingerprint density at radius 3 is 2.81 bits per heavy atom. The van der Waals surface area contributed by atoms with Gasteiger partial charge in [0.25, 0.3) is 0 Å². The Hall–Kier alpha value is -0.950. The van der Waals surface area contributed by atoms with E-state index in [0.29, 0.717) is 19.4 Å². The molecule has 6 heteroatoms.